The highest BCUT2D eigenvalue weighted by atomic mass is 16.4. The maximum atomic E-state index is 9.85. The van der Waals surface area contributed by atoms with Crippen molar-refractivity contribution in [3.63, 3.8) is 0 Å². The van der Waals surface area contributed by atoms with Crippen molar-refractivity contribution in [2.24, 2.45) is 5.73 Å². The lowest BCUT2D eigenvalue weighted by Gasteiger charge is -1.99. The van der Waals surface area contributed by atoms with E-state index in [1.54, 1.807) is 6.07 Å². The zero-order valence-corrected chi connectivity index (χ0v) is 6.52. The van der Waals surface area contributed by atoms with Crippen LogP contribution in [-0.2, 0) is 9.59 Å². The van der Waals surface area contributed by atoms with Gasteiger partial charge in [-0.15, -0.1) is 0 Å². The molecular formula is C6H10N2O4. The minimum atomic E-state index is -1.29. The van der Waals surface area contributed by atoms with Crippen molar-refractivity contribution in [2.45, 2.75) is 19.4 Å². The van der Waals surface area contributed by atoms with E-state index in [1.165, 1.54) is 6.92 Å². The molecule has 0 amide bonds. The lowest BCUT2D eigenvalue weighted by molar-refractivity contribution is -0.144. The second-order valence-electron chi connectivity index (χ2n) is 1.77. The molecule has 1 atom stereocenters. The van der Waals surface area contributed by atoms with Crippen LogP contribution in [0.15, 0.2) is 0 Å². The summed E-state index contributed by atoms with van der Waals surface area (Å²) < 4.78 is 0. The standard InChI is InChI=1S/C4H7NO4.C2H3N/c5-2(4(8)9)1-3(6)7;1-2-3/h2H,1,5H2,(H,6,7)(H,8,9);1H3/t2-;/m0./s1. The first-order valence-electron chi connectivity index (χ1n) is 2.96. The van der Waals surface area contributed by atoms with Gasteiger partial charge in [-0.05, 0) is 0 Å². The number of hydrogen-bond acceptors (Lipinski definition) is 4. The normalized spacial score (nSPS) is 10.1. The van der Waals surface area contributed by atoms with Crippen LogP contribution in [0.25, 0.3) is 0 Å². The molecule has 0 rings (SSSR count). The fourth-order valence-corrected chi connectivity index (χ4v) is 0.275. The molecule has 6 heteroatoms. The smallest absolute Gasteiger partial charge is 0.321 e. The van der Waals surface area contributed by atoms with Crippen LogP contribution in [0.3, 0.4) is 0 Å². The summed E-state index contributed by atoms with van der Waals surface area (Å²) in [7, 11) is 0. The maximum absolute atomic E-state index is 9.85. The quantitative estimate of drug-likeness (QED) is 0.524. The average Bonchev–Trinajstić information content (AvgIpc) is 1.87. The number of rotatable bonds is 3. The molecule has 0 spiro atoms. The molecular weight excluding hydrogens is 164 g/mol. The van der Waals surface area contributed by atoms with E-state index in [0.29, 0.717) is 0 Å². The number of hydrogen-bond donors (Lipinski definition) is 3. The molecule has 12 heavy (non-hydrogen) atoms. The Bertz CT molecular complexity index is 196. The van der Waals surface area contributed by atoms with Gasteiger partial charge in [0.2, 0.25) is 0 Å². The molecule has 0 saturated heterocycles. The summed E-state index contributed by atoms with van der Waals surface area (Å²) in [5.74, 6) is -2.50. The molecule has 0 aliphatic carbocycles. The van der Waals surface area contributed by atoms with E-state index in [0.717, 1.165) is 0 Å². The largest absolute Gasteiger partial charge is 0.481 e. The Labute approximate surface area is 69.2 Å². The molecule has 4 N–H and O–H groups in total. The second-order valence-corrected chi connectivity index (χ2v) is 1.77. The molecule has 0 heterocycles. The van der Waals surface area contributed by atoms with Gasteiger partial charge >= 0.3 is 11.9 Å². The Morgan fingerprint density at radius 3 is 2.00 bits per heavy atom. The molecule has 0 fully saturated rings. The summed E-state index contributed by atoms with van der Waals surface area (Å²) in [5, 5.41) is 23.4. The minimum Gasteiger partial charge on any atom is -0.481 e. The molecule has 0 aromatic rings. The third kappa shape index (κ3) is 11.2. The molecule has 0 aromatic heterocycles. The number of carboxylic acid groups (broad SMARTS) is 2. The van der Waals surface area contributed by atoms with E-state index in [-0.39, 0.29) is 0 Å². The Morgan fingerprint density at radius 2 is 1.92 bits per heavy atom. The van der Waals surface area contributed by atoms with Crippen LogP contribution in [-0.4, -0.2) is 28.2 Å². The van der Waals surface area contributed by atoms with E-state index in [4.69, 9.17) is 21.2 Å². The summed E-state index contributed by atoms with van der Waals surface area (Å²) in [5.41, 5.74) is 4.84. The Balaban J connectivity index is 0. The van der Waals surface area contributed by atoms with Gasteiger partial charge in [0, 0.05) is 6.92 Å². The molecule has 0 unspecified atom stereocenters. The Kier molecular flexibility index (Phi) is 8.13. The van der Waals surface area contributed by atoms with Gasteiger partial charge in [0.15, 0.2) is 0 Å². The highest BCUT2D eigenvalue weighted by Crippen LogP contribution is 1.86. The van der Waals surface area contributed by atoms with Gasteiger partial charge in [-0.25, -0.2) is 0 Å². The third-order valence-electron chi connectivity index (χ3n) is 0.712. The van der Waals surface area contributed by atoms with Crippen LogP contribution in [0.4, 0.5) is 0 Å². The lowest BCUT2D eigenvalue weighted by atomic mass is 10.2. The number of carboxylic acids is 2. The maximum Gasteiger partial charge on any atom is 0.321 e. The highest BCUT2D eigenvalue weighted by Gasteiger charge is 2.14. The van der Waals surface area contributed by atoms with Gasteiger partial charge in [0.05, 0.1) is 12.5 Å². The number of nitrogens with two attached hydrogens (primary N) is 1. The van der Waals surface area contributed by atoms with Gasteiger partial charge < -0.3 is 15.9 Å². The highest BCUT2D eigenvalue weighted by molar-refractivity contribution is 5.80. The van der Waals surface area contributed by atoms with Crippen molar-refractivity contribution in [3.8, 4) is 6.07 Å². The van der Waals surface area contributed by atoms with Crippen molar-refractivity contribution in [2.75, 3.05) is 0 Å². The Morgan fingerprint density at radius 1 is 1.58 bits per heavy atom. The molecule has 0 aromatic carbocycles. The van der Waals surface area contributed by atoms with Crippen LogP contribution in [0.5, 0.6) is 0 Å². The number of carbonyl (C=O) groups is 2. The van der Waals surface area contributed by atoms with Crippen LogP contribution in [0, 0.1) is 11.3 Å². The molecule has 0 radical (unpaired) electrons. The van der Waals surface area contributed by atoms with Crippen molar-refractivity contribution < 1.29 is 19.8 Å². The number of nitriles is 1. The van der Waals surface area contributed by atoms with Crippen LogP contribution >= 0.6 is 0 Å². The summed E-state index contributed by atoms with van der Waals surface area (Å²) in [6, 6.07) is 0.461. The van der Waals surface area contributed by atoms with Crippen LogP contribution in [0.1, 0.15) is 13.3 Å². The van der Waals surface area contributed by atoms with Crippen molar-refractivity contribution in [1.29, 1.82) is 5.26 Å². The molecule has 0 aliphatic heterocycles. The summed E-state index contributed by atoms with van der Waals surface area (Å²) in [6.07, 6.45) is -0.532. The lowest BCUT2D eigenvalue weighted by Crippen LogP contribution is -2.32. The molecule has 6 nitrogen and oxygen atoms in total. The number of nitrogens with zero attached hydrogens (tertiary/aromatic N) is 1. The van der Waals surface area contributed by atoms with Crippen molar-refractivity contribution in [1.82, 2.24) is 0 Å². The summed E-state index contributed by atoms with van der Waals surface area (Å²) in [6.45, 7) is 1.43. The number of aliphatic carboxylic acids is 2. The van der Waals surface area contributed by atoms with E-state index in [2.05, 4.69) is 0 Å². The first kappa shape index (κ1) is 13.0. The van der Waals surface area contributed by atoms with Gasteiger partial charge in [0.1, 0.15) is 6.04 Å². The first-order chi connectivity index (χ1) is 5.45. The first-order valence-corrected chi connectivity index (χ1v) is 2.96. The monoisotopic (exact) mass is 174 g/mol. The van der Waals surface area contributed by atoms with E-state index >= 15 is 0 Å². The van der Waals surface area contributed by atoms with E-state index in [9.17, 15) is 9.59 Å². The summed E-state index contributed by atoms with van der Waals surface area (Å²) in [4.78, 5) is 19.6. The van der Waals surface area contributed by atoms with Crippen LogP contribution < -0.4 is 5.73 Å². The van der Waals surface area contributed by atoms with E-state index < -0.39 is 24.4 Å². The predicted molar refractivity (Wildman–Crippen MR) is 39.2 cm³/mol. The molecule has 0 bridgehead atoms. The zero-order valence-electron chi connectivity index (χ0n) is 6.52. The molecule has 0 aliphatic rings. The molecule has 68 valence electrons. The molecule has 0 saturated carbocycles. The van der Waals surface area contributed by atoms with E-state index in [1.807, 2.05) is 0 Å². The van der Waals surface area contributed by atoms with Gasteiger partial charge in [-0.3, -0.25) is 9.59 Å². The fourth-order valence-electron chi connectivity index (χ4n) is 0.275. The minimum absolute atomic E-state index is 0.532. The third-order valence-corrected chi connectivity index (χ3v) is 0.712. The van der Waals surface area contributed by atoms with Gasteiger partial charge in [0.25, 0.3) is 0 Å². The zero-order chi connectivity index (χ0) is 10.1. The topological polar surface area (TPSA) is 124 Å². The van der Waals surface area contributed by atoms with Gasteiger partial charge in [-0.2, -0.15) is 5.26 Å². The van der Waals surface area contributed by atoms with Crippen molar-refractivity contribution in [3.05, 3.63) is 0 Å². The van der Waals surface area contributed by atoms with Crippen LogP contribution in [0.2, 0.25) is 0 Å². The van der Waals surface area contributed by atoms with Crippen molar-refractivity contribution >= 4 is 11.9 Å². The summed E-state index contributed by atoms with van der Waals surface area (Å²) >= 11 is 0. The average molecular weight is 174 g/mol. The SMILES string of the molecule is CC#N.N[C@@H](CC(=O)O)C(=O)O. The fraction of sp³-hybridized carbons (Fsp3) is 0.500. The predicted octanol–water partition coefficient (Wildman–Crippen LogP) is -0.597. The second kappa shape index (κ2) is 7.50. The van der Waals surface area contributed by atoms with Gasteiger partial charge in [-0.1, -0.05) is 0 Å². The Hall–Kier alpha value is -1.61.